The lowest BCUT2D eigenvalue weighted by molar-refractivity contribution is -0.384. The van der Waals surface area contributed by atoms with E-state index in [-0.39, 0.29) is 24.0 Å². The molecular weight excluding hydrogens is 464 g/mol. The molecule has 0 unspecified atom stereocenters. The molecule has 2 atom stereocenters. The third-order valence-electron chi connectivity index (χ3n) is 6.60. The van der Waals surface area contributed by atoms with Crippen LogP contribution in [0, 0.1) is 10.1 Å². The molecule has 0 spiro atoms. The van der Waals surface area contributed by atoms with Gasteiger partial charge in [0.2, 0.25) is 0 Å². The molecule has 5 rings (SSSR count). The van der Waals surface area contributed by atoms with Crippen molar-refractivity contribution < 1.29 is 28.7 Å². The summed E-state index contributed by atoms with van der Waals surface area (Å²) in [6.07, 6.45) is -0.0834. The van der Waals surface area contributed by atoms with E-state index in [1.165, 1.54) is 24.3 Å². The molecule has 0 aromatic heterocycles. The molecule has 3 aromatic carbocycles. The largest absolute Gasteiger partial charge is 0.514 e. The summed E-state index contributed by atoms with van der Waals surface area (Å²) in [4.78, 5) is 35.1. The molecule has 9 nitrogen and oxygen atoms in total. The van der Waals surface area contributed by atoms with E-state index < -0.39 is 29.3 Å². The average Bonchev–Trinajstić information content (AvgIpc) is 3.44. The van der Waals surface area contributed by atoms with Crippen molar-refractivity contribution in [1.82, 2.24) is 5.32 Å². The Labute approximate surface area is 207 Å². The van der Waals surface area contributed by atoms with Gasteiger partial charge >= 0.3 is 12.2 Å². The topological polar surface area (TPSA) is 117 Å². The summed E-state index contributed by atoms with van der Waals surface area (Å²) >= 11 is 0. The first-order valence-corrected chi connectivity index (χ1v) is 11.7. The number of nitro groups is 1. The summed E-state index contributed by atoms with van der Waals surface area (Å²) in [5.74, 6) is 0.0834. The number of nitrogens with one attached hydrogen (secondary N) is 1. The van der Waals surface area contributed by atoms with Gasteiger partial charge in [0, 0.05) is 18.1 Å². The first-order chi connectivity index (χ1) is 17.5. The number of alkyl carbamates (subject to hydrolysis) is 1. The molecule has 0 radical (unpaired) electrons. The van der Waals surface area contributed by atoms with E-state index in [4.69, 9.17) is 14.2 Å². The van der Waals surface area contributed by atoms with Crippen LogP contribution in [-0.4, -0.2) is 35.9 Å². The van der Waals surface area contributed by atoms with Crippen LogP contribution in [-0.2, 0) is 9.47 Å². The predicted octanol–water partition coefficient (Wildman–Crippen LogP) is 5.57. The summed E-state index contributed by atoms with van der Waals surface area (Å²) in [7, 11) is 0. The molecule has 1 N–H and O–H groups in total. The Hall–Kier alpha value is -4.40. The number of benzene rings is 3. The van der Waals surface area contributed by atoms with E-state index in [9.17, 15) is 19.7 Å². The Morgan fingerprint density at radius 1 is 0.917 bits per heavy atom. The van der Waals surface area contributed by atoms with Crippen molar-refractivity contribution >= 4 is 17.9 Å². The number of carbonyl (C=O) groups is 2. The number of fused-ring (bicyclic) bond motifs is 3. The fourth-order valence-corrected chi connectivity index (χ4v) is 4.90. The summed E-state index contributed by atoms with van der Waals surface area (Å²) in [6.45, 7) is 0.195. The molecule has 2 aliphatic carbocycles. The Bertz CT molecular complexity index is 1250. The van der Waals surface area contributed by atoms with Gasteiger partial charge < -0.3 is 19.5 Å². The first-order valence-electron chi connectivity index (χ1n) is 11.7. The number of nitro benzene ring substituents is 1. The van der Waals surface area contributed by atoms with Crippen molar-refractivity contribution in [3.05, 3.63) is 94.0 Å². The highest BCUT2D eigenvalue weighted by molar-refractivity contribution is 5.79. The summed E-state index contributed by atoms with van der Waals surface area (Å²) in [5.41, 5.74) is 4.44. The van der Waals surface area contributed by atoms with Gasteiger partial charge in [-0.15, -0.1) is 0 Å². The molecule has 1 fully saturated rings. The molecule has 3 aromatic rings. The van der Waals surface area contributed by atoms with Crippen LogP contribution in [0.5, 0.6) is 5.75 Å². The zero-order valence-corrected chi connectivity index (χ0v) is 19.3. The second-order valence-corrected chi connectivity index (χ2v) is 8.77. The second kappa shape index (κ2) is 10.1. The Kier molecular flexibility index (Phi) is 6.53. The summed E-state index contributed by atoms with van der Waals surface area (Å²) < 4.78 is 16.1. The molecule has 9 heteroatoms. The fraction of sp³-hybridized carbons (Fsp3) is 0.259. The third-order valence-corrected chi connectivity index (χ3v) is 6.60. The van der Waals surface area contributed by atoms with Crippen molar-refractivity contribution in [2.45, 2.75) is 37.3 Å². The van der Waals surface area contributed by atoms with Gasteiger partial charge in [0.05, 0.1) is 11.0 Å². The Morgan fingerprint density at radius 3 is 2.19 bits per heavy atom. The van der Waals surface area contributed by atoms with Gasteiger partial charge in [-0.2, -0.15) is 0 Å². The van der Waals surface area contributed by atoms with Gasteiger partial charge in [0.25, 0.3) is 5.69 Å². The molecule has 2 aliphatic rings. The number of rotatable bonds is 6. The van der Waals surface area contributed by atoms with Crippen molar-refractivity contribution in [2.75, 3.05) is 6.61 Å². The molecule has 0 bridgehead atoms. The molecular formula is C27H24N2O7. The van der Waals surface area contributed by atoms with Crippen LogP contribution < -0.4 is 10.1 Å². The van der Waals surface area contributed by atoms with E-state index in [2.05, 4.69) is 29.6 Å². The van der Waals surface area contributed by atoms with Crippen LogP contribution in [0.2, 0.25) is 0 Å². The number of non-ortho nitro benzene ring substituents is 1. The van der Waals surface area contributed by atoms with Crippen LogP contribution in [0.3, 0.4) is 0 Å². The third kappa shape index (κ3) is 4.86. The fourth-order valence-electron chi connectivity index (χ4n) is 4.90. The standard InChI is InChI=1S/C27H24N2O7/c30-26(34-16-23-21-8-3-1-6-19(21)20-7-2-4-9-22(20)23)28-24-10-5-11-25(24)36-27(31)35-18-14-12-17(13-15-18)29(32)33/h1-4,6-9,12-15,23-25H,5,10-11,16H2,(H,28,30)/t24-,25-/m1/s1. The Morgan fingerprint density at radius 2 is 1.56 bits per heavy atom. The Balaban J connectivity index is 1.15. The van der Waals surface area contributed by atoms with Crippen molar-refractivity contribution in [3.8, 4) is 16.9 Å². The maximum Gasteiger partial charge on any atom is 0.514 e. The van der Waals surface area contributed by atoms with Crippen LogP contribution in [0.25, 0.3) is 11.1 Å². The minimum atomic E-state index is -0.935. The zero-order valence-electron chi connectivity index (χ0n) is 19.3. The average molecular weight is 488 g/mol. The number of hydrogen-bond donors (Lipinski definition) is 1. The zero-order chi connectivity index (χ0) is 25.1. The van der Waals surface area contributed by atoms with Gasteiger partial charge in [-0.25, -0.2) is 9.59 Å². The van der Waals surface area contributed by atoms with Gasteiger partial charge in [0.15, 0.2) is 0 Å². The van der Waals surface area contributed by atoms with E-state index >= 15 is 0 Å². The van der Waals surface area contributed by atoms with Crippen LogP contribution in [0.1, 0.15) is 36.3 Å². The normalized spacial score (nSPS) is 18.1. The summed E-state index contributed by atoms with van der Waals surface area (Å²) in [6, 6.07) is 20.9. The van der Waals surface area contributed by atoms with Gasteiger partial charge in [0.1, 0.15) is 18.5 Å². The van der Waals surface area contributed by atoms with Crippen LogP contribution in [0.4, 0.5) is 15.3 Å². The number of ether oxygens (including phenoxy) is 3. The minimum Gasteiger partial charge on any atom is -0.449 e. The lowest BCUT2D eigenvalue weighted by atomic mass is 9.98. The molecule has 0 saturated heterocycles. The van der Waals surface area contributed by atoms with Gasteiger partial charge in [-0.05, 0) is 53.6 Å². The number of carbonyl (C=O) groups excluding carboxylic acids is 2. The molecule has 184 valence electrons. The lowest BCUT2D eigenvalue weighted by Crippen LogP contribution is -2.42. The number of amides is 1. The number of hydrogen-bond acceptors (Lipinski definition) is 7. The summed E-state index contributed by atoms with van der Waals surface area (Å²) in [5, 5.41) is 13.6. The van der Waals surface area contributed by atoms with E-state index in [1.807, 2.05) is 24.3 Å². The highest BCUT2D eigenvalue weighted by atomic mass is 16.7. The van der Waals surface area contributed by atoms with Gasteiger partial charge in [-0.1, -0.05) is 48.5 Å². The minimum absolute atomic E-state index is 0.0459. The molecule has 1 amide bonds. The quantitative estimate of drug-likeness (QED) is 0.209. The highest BCUT2D eigenvalue weighted by Gasteiger charge is 2.34. The van der Waals surface area contributed by atoms with Crippen molar-refractivity contribution in [1.29, 1.82) is 0 Å². The SMILES string of the molecule is O=C(N[C@@H]1CCC[C@H]1OC(=O)Oc1ccc([N+](=O)[O-])cc1)OCC1c2ccccc2-c2ccccc21. The van der Waals surface area contributed by atoms with Gasteiger partial charge in [-0.3, -0.25) is 10.1 Å². The molecule has 0 aliphatic heterocycles. The van der Waals surface area contributed by atoms with E-state index in [1.54, 1.807) is 0 Å². The molecule has 0 heterocycles. The van der Waals surface area contributed by atoms with Crippen LogP contribution >= 0.6 is 0 Å². The van der Waals surface area contributed by atoms with E-state index in [0.717, 1.165) is 28.7 Å². The van der Waals surface area contributed by atoms with Crippen LogP contribution in [0.15, 0.2) is 72.8 Å². The monoisotopic (exact) mass is 488 g/mol. The maximum absolute atomic E-state index is 12.6. The van der Waals surface area contributed by atoms with E-state index in [0.29, 0.717) is 12.8 Å². The highest BCUT2D eigenvalue weighted by Crippen LogP contribution is 2.44. The molecule has 36 heavy (non-hydrogen) atoms. The smallest absolute Gasteiger partial charge is 0.449 e. The molecule has 1 saturated carbocycles. The maximum atomic E-state index is 12.6. The number of nitrogens with zero attached hydrogens (tertiary/aromatic N) is 1. The lowest BCUT2D eigenvalue weighted by Gasteiger charge is -2.21. The first kappa shape index (κ1) is 23.3. The van der Waals surface area contributed by atoms with Crippen molar-refractivity contribution in [2.24, 2.45) is 0 Å². The predicted molar refractivity (Wildman–Crippen MR) is 130 cm³/mol. The van der Waals surface area contributed by atoms with Crippen molar-refractivity contribution in [3.63, 3.8) is 0 Å². The second-order valence-electron chi connectivity index (χ2n) is 8.77.